The summed E-state index contributed by atoms with van der Waals surface area (Å²) < 4.78 is 16.5. The maximum Gasteiger partial charge on any atom is 0.161 e. The molecule has 0 radical (unpaired) electrons. The number of hydrogen-bond acceptors (Lipinski definition) is 4. The van der Waals surface area contributed by atoms with Crippen LogP contribution in [0.4, 0.5) is 0 Å². The average Bonchev–Trinajstić information content (AvgIpc) is 2.48. The first kappa shape index (κ1) is 12.8. The van der Waals surface area contributed by atoms with Crippen molar-refractivity contribution in [1.82, 2.24) is 4.90 Å². The number of benzene rings is 1. The number of morpholine rings is 1. The first-order valence-corrected chi connectivity index (χ1v) is 7.10. The lowest BCUT2D eigenvalue weighted by Gasteiger charge is -2.26. The number of fused-ring (bicyclic) bond motifs is 1. The van der Waals surface area contributed by atoms with Gasteiger partial charge in [-0.15, -0.1) is 0 Å². The summed E-state index contributed by atoms with van der Waals surface area (Å²) in [5, 5.41) is 0. The van der Waals surface area contributed by atoms with Gasteiger partial charge in [0.2, 0.25) is 0 Å². The van der Waals surface area contributed by atoms with E-state index >= 15 is 0 Å². The molecule has 2 heterocycles. The van der Waals surface area contributed by atoms with E-state index in [1.165, 1.54) is 12.0 Å². The van der Waals surface area contributed by atoms with Crippen molar-refractivity contribution >= 4 is 0 Å². The molecular formula is C15H21NO3. The highest BCUT2D eigenvalue weighted by atomic mass is 16.6. The Labute approximate surface area is 114 Å². The summed E-state index contributed by atoms with van der Waals surface area (Å²) in [6.07, 6.45) is 2.27. The van der Waals surface area contributed by atoms with E-state index in [2.05, 4.69) is 17.0 Å². The van der Waals surface area contributed by atoms with E-state index in [0.29, 0.717) is 13.2 Å². The summed E-state index contributed by atoms with van der Waals surface area (Å²) in [5.74, 6) is 1.78. The highest BCUT2D eigenvalue weighted by molar-refractivity contribution is 5.43. The summed E-state index contributed by atoms with van der Waals surface area (Å²) in [6, 6.07) is 6.29. The predicted octanol–water partition coefficient (Wildman–Crippen LogP) is 1.72. The second-order valence-electron chi connectivity index (χ2n) is 5.04. The van der Waals surface area contributed by atoms with Crippen molar-refractivity contribution in [3.05, 3.63) is 23.8 Å². The van der Waals surface area contributed by atoms with Gasteiger partial charge in [-0.2, -0.15) is 0 Å². The van der Waals surface area contributed by atoms with Gasteiger partial charge in [0, 0.05) is 13.1 Å². The molecule has 0 atom stereocenters. The molecule has 0 amide bonds. The van der Waals surface area contributed by atoms with Crippen LogP contribution >= 0.6 is 0 Å². The predicted molar refractivity (Wildman–Crippen MR) is 73.0 cm³/mol. The lowest BCUT2D eigenvalue weighted by molar-refractivity contribution is 0.0374. The number of ether oxygens (including phenoxy) is 3. The molecule has 0 bridgehead atoms. The molecule has 104 valence electrons. The van der Waals surface area contributed by atoms with Crippen LogP contribution in [-0.4, -0.2) is 51.0 Å². The molecule has 1 fully saturated rings. The van der Waals surface area contributed by atoms with Gasteiger partial charge in [0.05, 0.1) is 13.2 Å². The highest BCUT2D eigenvalue weighted by Crippen LogP contribution is 2.31. The van der Waals surface area contributed by atoms with Crippen LogP contribution in [0.15, 0.2) is 18.2 Å². The van der Waals surface area contributed by atoms with Crippen LogP contribution in [0.25, 0.3) is 0 Å². The van der Waals surface area contributed by atoms with E-state index in [4.69, 9.17) is 14.2 Å². The van der Waals surface area contributed by atoms with Crippen molar-refractivity contribution in [2.75, 3.05) is 46.1 Å². The molecule has 1 aromatic carbocycles. The van der Waals surface area contributed by atoms with Crippen LogP contribution in [0.2, 0.25) is 0 Å². The van der Waals surface area contributed by atoms with Crippen LogP contribution in [-0.2, 0) is 11.2 Å². The molecule has 1 aromatic rings. The number of aryl methyl sites for hydroxylation is 1. The van der Waals surface area contributed by atoms with Crippen molar-refractivity contribution in [2.24, 2.45) is 0 Å². The lowest BCUT2D eigenvalue weighted by Crippen LogP contribution is -2.36. The summed E-state index contributed by atoms with van der Waals surface area (Å²) in [7, 11) is 0. The average molecular weight is 263 g/mol. The number of nitrogens with zero attached hydrogens (tertiary/aromatic N) is 1. The van der Waals surface area contributed by atoms with E-state index < -0.39 is 0 Å². The molecule has 0 saturated carbocycles. The monoisotopic (exact) mass is 263 g/mol. The zero-order chi connectivity index (χ0) is 12.9. The van der Waals surface area contributed by atoms with Gasteiger partial charge in [0.15, 0.2) is 11.5 Å². The number of rotatable bonds is 4. The van der Waals surface area contributed by atoms with Gasteiger partial charge in [-0.05, 0) is 37.1 Å². The van der Waals surface area contributed by atoms with Crippen LogP contribution in [0.3, 0.4) is 0 Å². The molecule has 3 rings (SSSR count). The van der Waals surface area contributed by atoms with Gasteiger partial charge in [0.1, 0.15) is 13.2 Å². The largest absolute Gasteiger partial charge is 0.486 e. The summed E-state index contributed by atoms with van der Waals surface area (Å²) >= 11 is 0. The van der Waals surface area contributed by atoms with E-state index in [-0.39, 0.29) is 0 Å². The summed E-state index contributed by atoms with van der Waals surface area (Å²) in [5.41, 5.74) is 1.33. The normalized spacial score (nSPS) is 19.4. The molecule has 4 nitrogen and oxygen atoms in total. The Hall–Kier alpha value is -1.26. The molecule has 0 aromatic heterocycles. The smallest absolute Gasteiger partial charge is 0.161 e. The Morgan fingerprint density at radius 1 is 0.947 bits per heavy atom. The van der Waals surface area contributed by atoms with Gasteiger partial charge in [-0.1, -0.05) is 6.07 Å². The Morgan fingerprint density at radius 2 is 1.74 bits per heavy atom. The van der Waals surface area contributed by atoms with Crippen molar-refractivity contribution in [3.63, 3.8) is 0 Å². The lowest BCUT2D eigenvalue weighted by atomic mass is 10.1. The first-order valence-electron chi connectivity index (χ1n) is 7.10. The third-order valence-corrected chi connectivity index (χ3v) is 3.65. The van der Waals surface area contributed by atoms with Crippen LogP contribution in [0, 0.1) is 0 Å². The standard InChI is InChI=1S/C15H21NO3/c1(5-16-6-8-17-9-7-16)2-13-3-4-14-15(12-13)19-11-10-18-14/h3-4,12H,1-2,5-11H2. The Kier molecular flexibility index (Phi) is 4.20. The minimum Gasteiger partial charge on any atom is -0.486 e. The zero-order valence-electron chi connectivity index (χ0n) is 11.3. The molecule has 1 saturated heterocycles. The fourth-order valence-corrected chi connectivity index (χ4v) is 2.57. The Balaban J connectivity index is 1.49. The number of hydrogen-bond donors (Lipinski definition) is 0. The van der Waals surface area contributed by atoms with Crippen molar-refractivity contribution in [2.45, 2.75) is 12.8 Å². The molecule has 0 spiro atoms. The van der Waals surface area contributed by atoms with Crippen LogP contribution < -0.4 is 9.47 Å². The molecule has 0 aliphatic carbocycles. The quantitative estimate of drug-likeness (QED) is 0.827. The molecule has 2 aliphatic heterocycles. The van der Waals surface area contributed by atoms with Crippen LogP contribution in [0.5, 0.6) is 11.5 Å². The van der Waals surface area contributed by atoms with Gasteiger partial charge in [0.25, 0.3) is 0 Å². The Bertz CT molecular complexity index is 416. The third kappa shape index (κ3) is 3.39. The second-order valence-corrected chi connectivity index (χ2v) is 5.04. The topological polar surface area (TPSA) is 30.9 Å². The van der Waals surface area contributed by atoms with E-state index in [1.807, 2.05) is 6.07 Å². The molecular weight excluding hydrogens is 242 g/mol. The van der Waals surface area contributed by atoms with Crippen molar-refractivity contribution in [1.29, 1.82) is 0 Å². The van der Waals surface area contributed by atoms with Crippen molar-refractivity contribution in [3.8, 4) is 11.5 Å². The van der Waals surface area contributed by atoms with Gasteiger partial charge in [-0.25, -0.2) is 0 Å². The van der Waals surface area contributed by atoms with Crippen molar-refractivity contribution < 1.29 is 14.2 Å². The summed E-state index contributed by atoms with van der Waals surface area (Å²) in [4.78, 5) is 2.47. The SMILES string of the molecule is c1cc2c(cc1CCCN1CCOCC1)OCCO2. The first-order chi connectivity index (χ1) is 9.42. The van der Waals surface area contributed by atoms with Crippen LogP contribution in [0.1, 0.15) is 12.0 Å². The second kappa shape index (κ2) is 6.26. The maximum absolute atomic E-state index is 5.61. The third-order valence-electron chi connectivity index (χ3n) is 3.65. The highest BCUT2D eigenvalue weighted by Gasteiger charge is 2.12. The van der Waals surface area contributed by atoms with Gasteiger partial charge < -0.3 is 14.2 Å². The zero-order valence-corrected chi connectivity index (χ0v) is 11.3. The Morgan fingerprint density at radius 3 is 2.58 bits per heavy atom. The fourth-order valence-electron chi connectivity index (χ4n) is 2.57. The van der Waals surface area contributed by atoms with E-state index in [1.54, 1.807) is 0 Å². The molecule has 2 aliphatic rings. The molecule has 0 unspecified atom stereocenters. The minimum absolute atomic E-state index is 0.656. The van der Waals surface area contributed by atoms with Gasteiger partial charge in [-0.3, -0.25) is 4.90 Å². The maximum atomic E-state index is 5.61. The van der Waals surface area contributed by atoms with E-state index in [9.17, 15) is 0 Å². The minimum atomic E-state index is 0.656. The summed E-state index contributed by atoms with van der Waals surface area (Å²) in [6.45, 7) is 6.36. The molecule has 4 heteroatoms. The van der Waals surface area contributed by atoms with E-state index in [0.717, 1.165) is 50.8 Å². The molecule has 0 N–H and O–H groups in total. The van der Waals surface area contributed by atoms with Gasteiger partial charge >= 0.3 is 0 Å². The fraction of sp³-hybridized carbons (Fsp3) is 0.600. The molecule has 19 heavy (non-hydrogen) atoms.